The molecule has 0 radical (unpaired) electrons. The maximum Gasteiger partial charge on any atom is 0.338 e. The number of hydrogen-bond donors (Lipinski definition) is 0. The standard InChI is InChI=1S/C31H46O11/c32-31(29-7-3-1-4-8-29)42-28-26-40-24-22-38-20-18-36-16-14-34-12-11-33-13-15-35-17-19-37-21-23-39-25-27-41-30-9-5-2-6-10-30/h1-10H,11-28H2. The molecule has 0 heterocycles. The summed E-state index contributed by atoms with van der Waals surface area (Å²) in [6.07, 6.45) is 0. The summed E-state index contributed by atoms with van der Waals surface area (Å²) in [4.78, 5) is 11.8. The fourth-order valence-electron chi connectivity index (χ4n) is 3.23. The molecule has 0 aliphatic carbocycles. The van der Waals surface area contributed by atoms with Crippen LogP contribution in [0.15, 0.2) is 60.7 Å². The van der Waals surface area contributed by atoms with Gasteiger partial charge in [0.1, 0.15) is 19.0 Å². The van der Waals surface area contributed by atoms with Gasteiger partial charge < -0.3 is 47.4 Å². The van der Waals surface area contributed by atoms with Gasteiger partial charge in [-0.15, -0.1) is 0 Å². The Bertz CT molecular complexity index is 854. The SMILES string of the molecule is O=C(OCCOCCOCCOCCOCCOCCOCCOCCOCCOc1ccccc1)c1ccccc1. The number of para-hydroxylation sites is 1. The molecule has 0 aliphatic heterocycles. The van der Waals surface area contributed by atoms with E-state index in [-0.39, 0.29) is 12.6 Å². The van der Waals surface area contributed by atoms with Gasteiger partial charge in [0.15, 0.2) is 0 Å². The summed E-state index contributed by atoms with van der Waals surface area (Å²) >= 11 is 0. The molecule has 2 aromatic carbocycles. The quantitative estimate of drug-likeness (QED) is 0.102. The highest BCUT2D eigenvalue weighted by atomic mass is 16.6. The van der Waals surface area contributed by atoms with E-state index in [1.807, 2.05) is 36.4 Å². The second-order valence-electron chi connectivity index (χ2n) is 8.56. The van der Waals surface area contributed by atoms with Gasteiger partial charge in [-0.1, -0.05) is 36.4 Å². The Morgan fingerprint density at radius 2 is 0.690 bits per heavy atom. The van der Waals surface area contributed by atoms with Crippen molar-refractivity contribution >= 4 is 5.97 Å². The van der Waals surface area contributed by atoms with Crippen LogP contribution in [-0.2, 0) is 42.6 Å². The molecule has 0 atom stereocenters. The van der Waals surface area contributed by atoms with Crippen LogP contribution in [0.2, 0.25) is 0 Å². The normalized spacial score (nSPS) is 11.0. The van der Waals surface area contributed by atoms with E-state index in [0.29, 0.717) is 118 Å². The number of rotatable bonds is 29. The Labute approximate surface area is 249 Å². The molecule has 0 saturated carbocycles. The Morgan fingerprint density at radius 3 is 1.07 bits per heavy atom. The largest absolute Gasteiger partial charge is 0.491 e. The van der Waals surface area contributed by atoms with Crippen LogP contribution < -0.4 is 4.74 Å². The van der Waals surface area contributed by atoms with Gasteiger partial charge in [-0.25, -0.2) is 4.79 Å². The molecule has 0 N–H and O–H groups in total. The lowest BCUT2D eigenvalue weighted by Crippen LogP contribution is -2.15. The van der Waals surface area contributed by atoms with Crippen molar-refractivity contribution in [2.45, 2.75) is 0 Å². The lowest BCUT2D eigenvalue weighted by atomic mass is 10.2. The van der Waals surface area contributed by atoms with Crippen molar-refractivity contribution in [2.24, 2.45) is 0 Å². The van der Waals surface area contributed by atoms with Gasteiger partial charge >= 0.3 is 5.97 Å². The van der Waals surface area contributed by atoms with E-state index in [0.717, 1.165) is 5.75 Å². The molecule has 0 unspecified atom stereocenters. The highest BCUT2D eigenvalue weighted by Crippen LogP contribution is 2.07. The zero-order chi connectivity index (χ0) is 29.6. The summed E-state index contributed by atoms with van der Waals surface area (Å²) in [6, 6.07) is 18.5. The first kappa shape index (κ1) is 35.6. The van der Waals surface area contributed by atoms with E-state index >= 15 is 0 Å². The van der Waals surface area contributed by atoms with Gasteiger partial charge in [0.05, 0.1) is 111 Å². The third-order valence-electron chi connectivity index (χ3n) is 5.31. The van der Waals surface area contributed by atoms with Crippen LogP contribution in [0.5, 0.6) is 5.75 Å². The predicted octanol–water partition coefficient (Wildman–Crippen LogP) is 3.06. The van der Waals surface area contributed by atoms with Crippen LogP contribution in [0.1, 0.15) is 10.4 Å². The van der Waals surface area contributed by atoms with Crippen LogP contribution >= 0.6 is 0 Å². The summed E-state index contributed by atoms with van der Waals surface area (Å²) in [6.45, 7) is 8.44. The fraction of sp³-hybridized carbons (Fsp3) is 0.581. The predicted molar refractivity (Wildman–Crippen MR) is 155 cm³/mol. The summed E-state index contributed by atoms with van der Waals surface area (Å²) in [7, 11) is 0. The molecule has 11 nitrogen and oxygen atoms in total. The Kier molecular flexibility index (Phi) is 23.1. The van der Waals surface area contributed by atoms with Crippen LogP contribution in [0.4, 0.5) is 0 Å². The zero-order valence-electron chi connectivity index (χ0n) is 24.5. The summed E-state index contributed by atoms with van der Waals surface area (Å²) < 4.78 is 54.3. The van der Waals surface area contributed by atoms with Gasteiger partial charge in [0.2, 0.25) is 0 Å². The number of carbonyl (C=O) groups is 1. The maximum atomic E-state index is 11.8. The molecule has 11 heteroatoms. The van der Waals surface area contributed by atoms with Crippen LogP contribution in [0.3, 0.4) is 0 Å². The Balaban J connectivity index is 1.17. The summed E-state index contributed by atoms with van der Waals surface area (Å²) in [5, 5.41) is 0. The van der Waals surface area contributed by atoms with Crippen LogP contribution in [0.25, 0.3) is 0 Å². The van der Waals surface area contributed by atoms with Gasteiger partial charge in [0, 0.05) is 0 Å². The first-order valence-electron chi connectivity index (χ1n) is 14.4. The first-order valence-corrected chi connectivity index (χ1v) is 14.4. The monoisotopic (exact) mass is 594 g/mol. The lowest BCUT2D eigenvalue weighted by Gasteiger charge is -2.09. The molecule has 2 rings (SSSR count). The topological polar surface area (TPSA) is 109 Å². The van der Waals surface area contributed by atoms with Crippen LogP contribution in [0, 0.1) is 0 Å². The summed E-state index contributed by atoms with van der Waals surface area (Å²) in [5.74, 6) is 0.486. The number of hydrogen-bond acceptors (Lipinski definition) is 11. The van der Waals surface area contributed by atoms with Crippen molar-refractivity contribution < 1.29 is 52.2 Å². The first-order chi connectivity index (χ1) is 20.9. The molecule has 0 spiro atoms. The molecule has 236 valence electrons. The molecular weight excluding hydrogens is 548 g/mol. The molecule has 0 fully saturated rings. The molecule has 0 saturated heterocycles. The number of carbonyl (C=O) groups excluding carboxylic acids is 1. The molecule has 0 aromatic heterocycles. The lowest BCUT2D eigenvalue weighted by molar-refractivity contribution is -0.0247. The van der Waals surface area contributed by atoms with E-state index < -0.39 is 0 Å². The summed E-state index contributed by atoms with van der Waals surface area (Å²) in [5.41, 5.74) is 0.527. The van der Waals surface area contributed by atoms with E-state index in [1.54, 1.807) is 24.3 Å². The second kappa shape index (κ2) is 27.2. The van der Waals surface area contributed by atoms with Crippen molar-refractivity contribution in [3.63, 3.8) is 0 Å². The highest BCUT2D eigenvalue weighted by Gasteiger charge is 2.05. The van der Waals surface area contributed by atoms with Crippen molar-refractivity contribution in [2.75, 3.05) is 119 Å². The van der Waals surface area contributed by atoms with Gasteiger partial charge in [-0.3, -0.25) is 0 Å². The van der Waals surface area contributed by atoms with E-state index in [2.05, 4.69) is 0 Å². The minimum atomic E-state index is -0.355. The molecule has 0 bridgehead atoms. The van der Waals surface area contributed by atoms with Gasteiger partial charge in [0.25, 0.3) is 0 Å². The number of benzene rings is 2. The Hall–Kier alpha value is -2.61. The minimum Gasteiger partial charge on any atom is -0.491 e. The fourth-order valence-corrected chi connectivity index (χ4v) is 3.23. The third kappa shape index (κ3) is 21.1. The molecule has 0 amide bonds. The van der Waals surface area contributed by atoms with E-state index in [4.69, 9.17) is 47.4 Å². The Morgan fingerprint density at radius 1 is 0.381 bits per heavy atom. The minimum absolute atomic E-state index is 0.204. The van der Waals surface area contributed by atoms with Crippen molar-refractivity contribution in [3.8, 4) is 5.75 Å². The van der Waals surface area contributed by atoms with Crippen LogP contribution in [-0.4, -0.2) is 125 Å². The zero-order valence-corrected chi connectivity index (χ0v) is 24.5. The van der Waals surface area contributed by atoms with E-state index in [9.17, 15) is 4.79 Å². The average molecular weight is 595 g/mol. The third-order valence-corrected chi connectivity index (χ3v) is 5.31. The second-order valence-corrected chi connectivity index (χ2v) is 8.56. The van der Waals surface area contributed by atoms with Crippen molar-refractivity contribution in [1.82, 2.24) is 0 Å². The van der Waals surface area contributed by atoms with E-state index in [1.165, 1.54) is 0 Å². The molecule has 42 heavy (non-hydrogen) atoms. The smallest absolute Gasteiger partial charge is 0.338 e. The molecule has 2 aromatic rings. The van der Waals surface area contributed by atoms with Crippen molar-refractivity contribution in [3.05, 3.63) is 66.2 Å². The van der Waals surface area contributed by atoms with Gasteiger partial charge in [-0.05, 0) is 24.3 Å². The molecule has 0 aliphatic rings. The van der Waals surface area contributed by atoms with Crippen molar-refractivity contribution in [1.29, 1.82) is 0 Å². The highest BCUT2D eigenvalue weighted by molar-refractivity contribution is 5.89. The number of ether oxygens (including phenoxy) is 10. The average Bonchev–Trinajstić information content (AvgIpc) is 3.03. The number of esters is 1. The van der Waals surface area contributed by atoms with Gasteiger partial charge in [-0.2, -0.15) is 0 Å². The maximum absolute atomic E-state index is 11.8. The molecular formula is C31H46O11.